The summed E-state index contributed by atoms with van der Waals surface area (Å²) in [5, 5.41) is 18.0. The number of carboxylic acids is 1. The van der Waals surface area contributed by atoms with E-state index >= 15 is 0 Å². The fourth-order valence-corrected chi connectivity index (χ4v) is 1.31. The van der Waals surface area contributed by atoms with Crippen molar-refractivity contribution in [1.82, 2.24) is 0 Å². The fourth-order valence-electron chi connectivity index (χ4n) is 1.31. The molecule has 2 unspecified atom stereocenters. The van der Waals surface area contributed by atoms with Crippen LogP contribution in [-0.2, 0) is 14.3 Å². The smallest absolute Gasteiger partial charge is 0.333 e. The molecular formula is C8H14O5. The lowest BCUT2D eigenvalue weighted by atomic mass is 10.1. The van der Waals surface area contributed by atoms with Crippen LogP contribution in [0.3, 0.4) is 0 Å². The van der Waals surface area contributed by atoms with Gasteiger partial charge < -0.3 is 19.7 Å². The van der Waals surface area contributed by atoms with Crippen molar-refractivity contribution in [3.8, 4) is 0 Å². The third-order valence-corrected chi connectivity index (χ3v) is 1.89. The van der Waals surface area contributed by atoms with Crippen molar-refractivity contribution in [3.63, 3.8) is 0 Å². The van der Waals surface area contributed by atoms with Crippen molar-refractivity contribution < 1.29 is 24.5 Å². The maximum Gasteiger partial charge on any atom is 0.333 e. The number of hydrogen-bond donors (Lipinski definition) is 2. The summed E-state index contributed by atoms with van der Waals surface area (Å²) in [7, 11) is 0. The Labute approximate surface area is 76.3 Å². The van der Waals surface area contributed by atoms with E-state index in [1.54, 1.807) is 6.92 Å². The first-order valence-corrected chi connectivity index (χ1v) is 4.31. The van der Waals surface area contributed by atoms with E-state index in [9.17, 15) is 9.90 Å². The number of aliphatic carboxylic acids is 1. The van der Waals surface area contributed by atoms with Gasteiger partial charge in [0.25, 0.3) is 0 Å². The zero-order valence-corrected chi connectivity index (χ0v) is 7.47. The van der Waals surface area contributed by atoms with Gasteiger partial charge in [0.15, 0.2) is 12.4 Å². The van der Waals surface area contributed by atoms with Crippen LogP contribution >= 0.6 is 0 Å². The summed E-state index contributed by atoms with van der Waals surface area (Å²) in [6, 6.07) is 0. The molecule has 0 aromatic carbocycles. The first kappa shape index (κ1) is 10.4. The second-order valence-corrected chi connectivity index (χ2v) is 2.97. The molecule has 0 radical (unpaired) electrons. The molecule has 0 bridgehead atoms. The van der Waals surface area contributed by atoms with Gasteiger partial charge in [-0.15, -0.1) is 0 Å². The van der Waals surface area contributed by atoms with Gasteiger partial charge in [0.1, 0.15) is 0 Å². The number of carbonyl (C=O) groups is 1. The normalized spacial score (nSPS) is 34.5. The molecule has 1 fully saturated rings. The summed E-state index contributed by atoms with van der Waals surface area (Å²) in [6.45, 7) is 2.24. The Kier molecular flexibility index (Phi) is 3.65. The maximum atomic E-state index is 10.6. The van der Waals surface area contributed by atoms with E-state index in [1.807, 2.05) is 0 Å². The molecule has 5 nitrogen and oxygen atoms in total. The van der Waals surface area contributed by atoms with Crippen molar-refractivity contribution in [1.29, 1.82) is 0 Å². The van der Waals surface area contributed by atoms with Crippen LogP contribution in [0, 0.1) is 0 Å². The molecule has 5 heteroatoms. The summed E-state index contributed by atoms with van der Waals surface area (Å²) >= 11 is 0. The molecule has 1 saturated heterocycles. The van der Waals surface area contributed by atoms with E-state index in [2.05, 4.69) is 0 Å². The van der Waals surface area contributed by atoms with Crippen molar-refractivity contribution in [2.75, 3.05) is 6.61 Å². The van der Waals surface area contributed by atoms with Gasteiger partial charge >= 0.3 is 5.97 Å². The first-order chi connectivity index (χ1) is 6.13. The molecule has 0 aliphatic carbocycles. The molecule has 0 aromatic heterocycles. The summed E-state index contributed by atoms with van der Waals surface area (Å²) in [6.07, 6.45) is -1.70. The highest BCUT2D eigenvalue weighted by Gasteiger charge is 2.32. The van der Waals surface area contributed by atoms with Gasteiger partial charge in [-0.3, -0.25) is 0 Å². The van der Waals surface area contributed by atoms with E-state index in [0.29, 0.717) is 13.0 Å². The summed E-state index contributed by atoms with van der Waals surface area (Å²) in [5.41, 5.74) is 0. The SMILES string of the molecule is CCO[C@H]1CC(O)CC(C(=O)O)O1. The van der Waals surface area contributed by atoms with Crippen LogP contribution in [0.1, 0.15) is 19.8 Å². The molecule has 1 aliphatic rings. The number of ether oxygens (including phenoxy) is 2. The van der Waals surface area contributed by atoms with Gasteiger partial charge in [0, 0.05) is 19.4 Å². The lowest BCUT2D eigenvalue weighted by Gasteiger charge is -2.30. The van der Waals surface area contributed by atoms with Gasteiger partial charge in [0.2, 0.25) is 0 Å². The van der Waals surface area contributed by atoms with Gasteiger partial charge in [-0.05, 0) is 6.92 Å². The zero-order chi connectivity index (χ0) is 9.84. The third-order valence-electron chi connectivity index (χ3n) is 1.89. The minimum atomic E-state index is -1.05. The highest BCUT2D eigenvalue weighted by Crippen LogP contribution is 2.20. The lowest BCUT2D eigenvalue weighted by molar-refractivity contribution is -0.220. The molecule has 0 saturated carbocycles. The Balaban J connectivity index is 2.47. The van der Waals surface area contributed by atoms with Gasteiger partial charge in [0.05, 0.1) is 6.10 Å². The van der Waals surface area contributed by atoms with Gasteiger partial charge in [-0.1, -0.05) is 0 Å². The molecule has 76 valence electrons. The van der Waals surface area contributed by atoms with E-state index in [1.165, 1.54) is 0 Å². The fraction of sp³-hybridized carbons (Fsp3) is 0.875. The quantitative estimate of drug-likeness (QED) is 0.653. The van der Waals surface area contributed by atoms with Crippen LogP contribution in [0.15, 0.2) is 0 Å². The van der Waals surface area contributed by atoms with E-state index in [4.69, 9.17) is 14.6 Å². The molecule has 0 spiro atoms. The number of aliphatic hydroxyl groups is 1. The maximum absolute atomic E-state index is 10.6. The van der Waals surface area contributed by atoms with Crippen molar-refractivity contribution in [3.05, 3.63) is 0 Å². The molecular weight excluding hydrogens is 176 g/mol. The second-order valence-electron chi connectivity index (χ2n) is 2.97. The van der Waals surface area contributed by atoms with Crippen LogP contribution in [0.4, 0.5) is 0 Å². The Morgan fingerprint density at radius 3 is 2.85 bits per heavy atom. The Morgan fingerprint density at radius 1 is 1.62 bits per heavy atom. The third kappa shape index (κ3) is 2.95. The largest absolute Gasteiger partial charge is 0.479 e. The van der Waals surface area contributed by atoms with Crippen LogP contribution in [0.25, 0.3) is 0 Å². The molecule has 1 rings (SSSR count). The Hall–Kier alpha value is -0.650. The Bertz CT molecular complexity index is 181. The molecule has 0 aromatic rings. The van der Waals surface area contributed by atoms with Crippen molar-refractivity contribution in [2.24, 2.45) is 0 Å². The first-order valence-electron chi connectivity index (χ1n) is 4.31. The molecule has 1 aliphatic heterocycles. The minimum Gasteiger partial charge on any atom is -0.479 e. The Morgan fingerprint density at radius 2 is 2.31 bits per heavy atom. The van der Waals surface area contributed by atoms with Crippen LogP contribution in [0.2, 0.25) is 0 Å². The number of carboxylic acid groups (broad SMARTS) is 1. The van der Waals surface area contributed by atoms with Crippen molar-refractivity contribution in [2.45, 2.75) is 38.3 Å². The van der Waals surface area contributed by atoms with E-state index in [0.717, 1.165) is 0 Å². The van der Waals surface area contributed by atoms with E-state index in [-0.39, 0.29) is 6.42 Å². The number of aliphatic hydroxyl groups excluding tert-OH is 1. The van der Waals surface area contributed by atoms with Gasteiger partial charge in [-0.2, -0.15) is 0 Å². The molecule has 13 heavy (non-hydrogen) atoms. The molecule has 0 amide bonds. The predicted molar refractivity (Wildman–Crippen MR) is 43.2 cm³/mol. The number of rotatable bonds is 3. The second kappa shape index (κ2) is 4.55. The highest BCUT2D eigenvalue weighted by atomic mass is 16.7. The van der Waals surface area contributed by atoms with Crippen LogP contribution in [0.5, 0.6) is 0 Å². The topological polar surface area (TPSA) is 76.0 Å². The standard InChI is InChI=1S/C8H14O5/c1-2-12-7-4-5(9)3-6(13-7)8(10)11/h5-7,9H,2-4H2,1H3,(H,10,11)/t5?,6?,7-/m1/s1. The van der Waals surface area contributed by atoms with Gasteiger partial charge in [-0.25, -0.2) is 4.79 Å². The van der Waals surface area contributed by atoms with Crippen LogP contribution < -0.4 is 0 Å². The summed E-state index contributed by atoms with van der Waals surface area (Å²) in [4.78, 5) is 10.6. The zero-order valence-electron chi connectivity index (χ0n) is 7.47. The summed E-state index contributed by atoms with van der Waals surface area (Å²) in [5.74, 6) is -1.05. The molecule has 2 N–H and O–H groups in total. The molecule has 3 atom stereocenters. The lowest BCUT2D eigenvalue weighted by Crippen LogP contribution is -2.41. The average Bonchev–Trinajstić information content (AvgIpc) is 2.03. The van der Waals surface area contributed by atoms with E-state index < -0.39 is 24.5 Å². The van der Waals surface area contributed by atoms with Crippen molar-refractivity contribution >= 4 is 5.97 Å². The predicted octanol–water partition coefficient (Wildman–Crippen LogP) is -0.0265. The molecule has 1 heterocycles. The summed E-state index contributed by atoms with van der Waals surface area (Å²) < 4.78 is 10.2. The average molecular weight is 190 g/mol. The van der Waals surface area contributed by atoms with Crippen LogP contribution in [-0.4, -0.2) is 41.3 Å². The highest BCUT2D eigenvalue weighted by molar-refractivity contribution is 5.72. The number of hydrogen-bond acceptors (Lipinski definition) is 4. The minimum absolute atomic E-state index is 0.138. The monoisotopic (exact) mass is 190 g/mol.